The van der Waals surface area contributed by atoms with Gasteiger partial charge in [0, 0.05) is 29.1 Å². The summed E-state index contributed by atoms with van der Waals surface area (Å²) in [6.07, 6.45) is -0.0486. The van der Waals surface area contributed by atoms with Crippen molar-refractivity contribution in [2.45, 2.75) is 30.9 Å². The van der Waals surface area contributed by atoms with Gasteiger partial charge in [0.25, 0.3) is 5.91 Å². The summed E-state index contributed by atoms with van der Waals surface area (Å²) in [7, 11) is 0. The number of thioether (sulfide) groups is 1. The van der Waals surface area contributed by atoms with Crippen molar-refractivity contribution in [3.63, 3.8) is 0 Å². The molecular formula is C17H20N2O3S2. The highest BCUT2D eigenvalue weighted by Crippen LogP contribution is 2.27. The fraction of sp³-hybridized carbons (Fsp3) is 0.353. The summed E-state index contributed by atoms with van der Waals surface area (Å²) in [5.74, 6) is -0.324. The number of thiazole rings is 1. The molecule has 0 saturated heterocycles. The molecule has 1 heterocycles. The van der Waals surface area contributed by atoms with E-state index in [0.717, 1.165) is 15.6 Å². The second kappa shape index (κ2) is 8.84. The van der Waals surface area contributed by atoms with E-state index in [-0.39, 0.29) is 18.9 Å². The zero-order valence-corrected chi connectivity index (χ0v) is 15.3. The SMILES string of the molecule is CCN(CCC(=O)O)C(=O)c1ccccc1SCc1csc(C)n1. The highest BCUT2D eigenvalue weighted by Gasteiger charge is 2.18. The number of hydrogen-bond acceptors (Lipinski definition) is 5. The van der Waals surface area contributed by atoms with Crippen LogP contribution in [0.15, 0.2) is 34.5 Å². The van der Waals surface area contributed by atoms with E-state index in [2.05, 4.69) is 4.98 Å². The number of carbonyl (C=O) groups is 2. The molecule has 0 aliphatic heterocycles. The molecule has 0 saturated carbocycles. The normalized spacial score (nSPS) is 10.6. The Morgan fingerprint density at radius 1 is 1.33 bits per heavy atom. The topological polar surface area (TPSA) is 70.5 Å². The van der Waals surface area contributed by atoms with Crippen LogP contribution in [0.4, 0.5) is 0 Å². The number of carbonyl (C=O) groups excluding carboxylic acids is 1. The van der Waals surface area contributed by atoms with Crippen molar-refractivity contribution >= 4 is 35.0 Å². The van der Waals surface area contributed by atoms with E-state index in [0.29, 0.717) is 17.9 Å². The molecule has 0 fully saturated rings. The monoisotopic (exact) mass is 364 g/mol. The van der Waals surface area contributed by atoms with Gasteiger partial charge in [-0.3, -0.25) is 9.59 Å². The number of rotatable bonds is 8. The molecular weight excluding hydrogens is 344 g/mol. The van der Waals surface area contributed by atoms with Crippen LogP contribution >= 0.6 is 23.1 Å². The first-order valence-electron chi connectivity index (χ1n) is 7.65. The van der Waals surface area contributed by atoms with Crippen LogP contribution < -0.4 is 0 Å². The summed E-state index contributed by atoms with van der Waals surface area (Å²) in [5, 5.41) is 11.9. The van der Waals surface area contributed by atoms with Crippen LogP contribution in [0.5, 0.6) is 0 Å². The molecule has 7 heteroatoms. The van der Waals surface area contributed by atoms with Gasteiger partial charge < -0.3 is 10.0 Å². The number of carboxylic acids is 1. The molecule has 1 aromatic heterocycles. The first-order valence-corrected chi connectivity index (χ1v) is 9.51. The molecule has 1 aromatic carbocycles. The molecule has 2 aromatic rings. The summed E-state index contributed by atoms with van der Waals surface area (Å²) in [6, 6.07) is 7.44. The van der Waals surface area contributed by atoms with Crippen molar-refractivity contribution in [3.05, 3.63) is 45.9 Å². The molecule has 0 unspecified atom stereocenters. The van der Waals surface area contributed by atoms with Crippen molar-refractivity contribution in [1.29, 1.82) is 0 Å². The molecule has 2 rings (SSSR count). The van der Waals surface area contributed by atoms with Crippen LogP contribution in [0.1, 0.15) is 34.4 Å². The number of amides is 1. The molecule has 24 heavy (non-hydrogen) atoms. The number of benzene rings is 1. The van der Waals surface area contributed by atoms with Gasteiger partial charge in [-0.1, -0.05) is 12.1 Å². The predicted octanol–water partition coefficient (Wildman–Crippen LogP) is 3.68. The van der Waals surface area contributed by atoms with Crippen LogP contribution in [-0.4, -0.2) is 40.0 Å². The lowest BCUT2D eigenvalue weighted by molar-refractivity contribution is -0.137. The fourth-order valence-corrected chi connectivity index (χ4v) is 3.85. The lowest BCUT2D eigenvalue weighted by atomic mass is 10.2. The standard InChI is InChI=1S/C17H20N2O3S2/c1-3-19(9-8-16(20)21)17(22)14-6-4-5-7-15(14)24-11-13-10-23-12(2)18-13/h4-7,10H,3,8-9,11H2,1-2H3,(H,20,21). The van der Waals surface area contributed by atoms with E-state index in [4.69, 9.17) is 5.11 Å². The first-order chi connectivity index (χ1) is 11.5. The zero-order chi connectivity index (χ0) is 17.5. The average molecular weight is 364 g/mol. The number of aryl methyl sites for hydroxylation is 1. The Bertz CT molecular complexity index is 715. The molecule has 5 nitrogen and oxygen atoms in total. The Morgan fingerprint density at radius 2 is 2.08 bits per heavy atom. The summed E-state index contributed by atoms with van der Waals surface area (Å²) in [6.45, 7) is 4.52. The van der Waals surface area contributed by atoms with Crippen LogP contribution in [0.25, 0.3) is 0 Å². The summed E-state index contributed by atoms with van der Waals surface area (Å²) >= 11 is 3.19. The molecule has 0 bridgehead atoms. The number of nitrogens with zero attached hydrogens (tertiary/aromatic N) is 2. The largest absolute Gasteiger partial charge is 0.481 e. The average Bonchev–Trinajstić information content (AvgIpc) is 2.98. The van der Waals surface area contributed by atoms with Gasteiger partial charge in [-0.2, -0.15) is 0 Å². The van der Waals surface area contributed by atoms with Gasteiger partial charge in [0.15, 0.2) is 0 Å². The third-order valence-corrected chi connectivity index (χ3v) is 5.35. The molecule has 0 aliphatic carbocycles. The van der Waals surface area contributed by atoms with Crippen molar-refractivity contribution in [3.8, 4) is 0 Å². The van der Waals surface area contributed by atoms with Gasteiger partial charge in [-0.25, -0.2) is 4.98 Å². The Balaban J connectivity index is 2.11. The number of hydrogen-bond donors (Lipinski definition) is 1. The van der Waals surface area contributed by atoms with E-state index in [9.17, 15) is 9.59 Å². The lowest BCUT2D eigenvalue weighted by Crippen LogP contribution is -2.33. The number of aliphatic carboxylic acids is 1. The van der Waals surface area contributed by atoms with Crippen molar-refractivity contribution < 1.29 is 14.7 Å². The van der Waals surface area contributed by atoms with Crippen LogP contribution in [0.2, 0.25) is 0 Å². The van der Waals surface area contributed by atoms with Gasteiger partial charge in [0.1, 0.15) is 0 Å². The van der Waals surface area contributed by atoms with Gasteiger partial charge in [-0.05, 0) is 26.0 Å². The van der Waals surface area contributed by atoms with Gasteiger partial charge in [0.2, 0.25) is 0 Å². The minimum atomic E-state index is -0.900. The van der Waals surface area contributed by atoms with E-state index < -0.39 is 5.97 Å². The molecule has 128 valence electrons. The predicted molar refractivity (Wildman–Crippen MR) is 96.7 cm³/mol. The second-order valence-corrected chi connectivity index (χ2v) is 7.25. The lowest BCUT2D eigenvalue weighted by Gasteiger charge is -2.21. The van der Waals surface area contributed by atoms with Crippen molar-refractivity contribution in [2.75, 3.05) is 13.1 Å². The summed E-state index contributed by atoms with van der Waals surface area (Å²) < 4.78 is 0. The maximum absolute atomic E-state index is 12.7. The van der Waals surface area contributed by atoms with Gasteiger partial charge in [0.05, 0.1) is 22.7 Å². The van der Waals surface area contributed by atoms with Crippen LogP contribution in [0.3, 0.4) is 0 Å². The van der Waals surface area contributed by atoms with E-state index >= 15 is 0 Å². The second-order valence-electron chi connectivity index (χ2n) is 5.17. The minimum absolute atomic E-state index is 0.0486. The van der Waals surface area contributed by atoms with Gasteiger partial charge in [-0.15, -0.1) is 23.1 Å². The van der Waals surface area contributed by atoms with E-state index in [1.807, 2.05) is 37.4 Å². The smallest absolute Gasteiger partial charge is 0.305 e. The number of carboxylic acid groups (broad SMARTS) is 1. The summed E-state index contributed by atoms with van der Waals surface area (Å²) in [5.41, 5.74) is 1.62. The Kier molecular flexibility index (Phi) is 6.81. The third-order valence-electron chi connectivity index (χ3n) is 3.42. The highest BCUT2D eigenvalue weighted by molar-refractivity contribution is 7.98. The number of aromatic nitrogens is 1. The van der Waals surface area contributed by atoms with E-state index in [1.54, 1.807) is 34.1 Å². The Hall–Kier alpha value is -1.86. The maximum Gasteiger partial charge on any atom is 0.305 e. The van der Waals surface area contributed by atoms with Crippen LogP contribution in [-0.2, 0) is 10.5 Å². The molecule has 1 amide bonds. The Labute approximate surface area is 149 Å². The first kappa shape index (κ1) is 18.5. The quantitative estimate of drug-likeness (QED) is 0.724. The molecule has 0 aliphatic rings. The zero-order valence-electron chi connectivity index (χ0n) is 13.7. The Morgan fingerprint density at radius 3 is 2.71 bits per heavy atom. The van der Waals surface area contributed by atoms with Crippen molar-refractivity contribution in [1.82, 2.24) is 9.88 Å². The summed E-state index contributed by atoms with van der Waals surface area (Å²) in [4.78, 5) is 30.4. The van der Waals surface area contributed by atoms with Gasteiger partial charge >= 0.3 is 5.97 Å². The fourth-order valence-electron chi connectivity index (χ4n) is 2.20. The highest BCUT2D eigenvalue weighted by atomic mass is 32.2. The molecule has 0 radical (unpaired) electrons. The minimum Gasteiger partial charge on any atom is -0.481 e. The third kappa shape index (κ3) is 5.07. The van der Waals surface area contributed by atoms with Crippen LogP contribution in [0, 0.1) is 6.92 Å². The molecule has 0 spiro atoms. The van der Waals surface area contributed by atoms with Crippen molar-refractivity contribution in [2.24, 2.45) is 0 Å². The van der Waals surface area contributed by atoms with E-state index in [1.165, 1.54) is 0 Å². The molecule has 1 N–H and O–H groups in total. The maximum atomic E-state index is 12.7. The molecule has 0 atom stereocenters.